The van der Waals surface area contributed by atoms with E-state index in [2.05, 4.69) is 6.07 Å². The Morgan fingerprint density at radius 3 is 2.06 bits per heavy atom. The molecule has 0 N–H and O–H groups in total. The monoisotopic (exact) mass is 432 g/mol. The summed E-state index contributed by atoms with van der Waals surface area (Å²) in [5, 5.41) is 0. The number of benzene rings is 1. The van der Waals surface area contributed by atoms with E-state index in [0.717, 1.165) is 23.5 Å². The normalized spacial score (nSPS) is 17.2. The Hall–Kier alpha value is -2.44. The van der Waals surface area contributed by atoms with Gasteiger partial charge in [-0.2, -0.15) is 0 Å². The quantitative estimate of drug-likeness (QED) is 0.703. The van der Waals surface area contributed by atoms with Gasteiger partial charge in [0.25, 0.3) is 0 Å². The summed E-state index contributed by atoms with van der Waals surface area (Å²) in [7, 11) is 0. The van der Waals surface area contributed by atoms with Crippen molar-refractivity contribution in [2.45, 2.75) is 66.0 Å². The topological polar surface area (TPSA) is 68.3 Å². The van der Waals surface area contributed by atoms with E-state index in [1.54, 1.807) is 4.90 Å². The van der Waals surface area contributed by atoms with Crippen LogP contribution in [0.3, 0.4) is 0 Å². The fraction of sp³-hybridized carbons (Fsp3) is 0.667. The third-order valence-electron chi connectivity index (χ3n) is 5.69. The molecule has 1 aromatic rings. The number of rotatable bonds is 5. The molecule has 1 fully saturated rings. The first kappa shape index (κ1) is 23.2. The van der Waals surface area contributed by atoms with Gasteiger partial charge in [0.2, 0.25) is 5.91 Å². The maximum Gasteiger partial charge on any atom is 0.410 e. The molecule has 7 nitrogen and oxygen atoms in total. The van der Waals surface area contributed by atoms with Gasteiger partial charge in [0.05, 0.1) is 13.2 Å². The van der Waals surface area contributed by atoms with Crippen LogP contribution in [0.4, 0.5) is 4.79 Å². The van der Waals surface area contributed by atoms with E-state index >= 15 is 0 Å². The molecule has 0 atom stereocenters. The number of hydrogen-bond acceptors (Lipinski definition) is 5. The van der Waals surface area contributed by atoms with Gasteiger partial charge in [0, 0.05) is 32.1 Å². The lowest BCUT2D eigenvalue weighted by molar-refractivity contribution is -0.138. The average Bonchev–Trinajstić information content (AvgIpc) is 2.72. The molecule has 0 spiro atoms. The second-order valence-electron chi connectivity index (χ2n) is 9.19. The van der Waals surface area contributed by atoms with Crippen molar-refractivity contribution >= 4 is 12.0 Å². The van der Waals surface area contributed by atoms with Crippen LogP contribution in [-0.2, 0) is 22.5 Å². The first-order valence-electron chi connectivity index (χ1n) is 11.4. The highest BCUT2D eigenvalue weighted by atomic mass is 16.6. The smallest absolute Gasteiger partial charge is 0.410 e. The Balaban J connectivity index is 1.61. The molecule has 172 valence electrons. The van der Waals surface area contributed by atoms with Crippen LogP contribution in [0, 0.1) is 5.92 Å². The summed E-state index contributed by atoms with van der Waals surface area (Å²) in [5.41, 5.74) is 1.83. The molecule has 0 aliphatic carbocycles. The zero-order chi connectivity index (χ0) is 22.6. The highest BCUT2D eigenvalue weighted by molar-refractivity contribution is 5.80. The van der Waals surface area contributed by atoms with Gasteiger partial charge in [-0.15, -0.1) is 0 Å². The molecule has 2 aliphatic rings. The van der Waals surface area contributed by atoms with E-state index in [9.17, 15) is 9.59 Å². The van der Waals surface area contributed by atoms with Crippen molar-refractivity contribution in [3.05, 3.63) is 23.3 Å². The van der Waals surface area contributed by atoms with Gasteiger partial charge in [-0.25, -0.2) is 4.79 Å². The van der Waals surface area contributed by atoms with Gasteiger partial charge in [0.15, 0.2) is 11.5 Å². The number of ether oxygens (including phenoxy) is 3. The van der Waals surface area contributed by atoms with E-state index in [0.29, 0.717) is 52.2 Å². The van der Waals surface area contributed by atoms with Crippen molar-refractivity contribution in [3.8, 4) is 11.5 Å². The van der Waals surface area contributed by atoms with E-state index in [-0.39, 0.29) is 17.9 Å². The van der Waals surface area contributed by atoms with Crippen molar-refractivity contribution in [2.75, 3.05) is 32.8 Å². The van der Waals surface area contributed by atoms with Gasteiger partial charge in [0.1, 0.15) is 5.60 Å². The minimum absolute atomic E-state index is 0.0469. The fourth-order valence-corrected chi connectivity index (χ4v) is 4.18. The van der Waals surface area contributed by atoms with Gasteiger partial charge in [-0.1, -0.05) is 0 Å². The predicted molar refractivity (Wildman–Crippen MR) is 118 cm³/mol. The molecule has 0 bridgehead atoms. The van der Waals surface area contributed by atoms with Gasteiger partial charge < -0.3 is 24.0 Å². The highest BCUT2D eigenvalue weighted by Gasteiger charge is 2.33. The average molecular weight is 433 g/mol. The third kappa shape index (κ3) is 5.83. The van der Waals surface area contributed by atoms with Crippen LogP contribution in [-0.4, -0.2) is 60.2 Å². The summed E-state index contributed by atoms with van der Waals surface area (Å²) in [5.74, 6) is 1.65. The summed E-state index contributed by atoms with van der Waals surface area (Å²) < 4.78 is 17.0. The van der Waals surface area contributed by atoms with Crippen LogP contribution >= 0.6 is 0 Å². The molecule has 3 rings (SSSR count). The van der Waals surface area contributed by atoms with Crippen LogP contribution in [0.5, 0.6) is 11.5 Å². The number of piperidine rings is 1. The van der Waals surface area contributed by atoms with Crippen LogP contribution in [0.25, 0.3) is 0 Å². The van der Waals surface area contributed by atoms with Crippen molar-refractivity contribution < 1.29 is 23.8 Å². The Morgan fingerprint density at radius 1 is 0.935 bits per heavy atom. The summed E-state index contributed by atoms with van der Waals surface area (Å²) in [6.45, 7) is 13.1. The number of likely N-dealkylation sites (tertiary alicyclic amines) is 1. The summed E-state index contributed by atoms with van der Waals surface area (Å²) in [6, 6.07) is 4.08. The number of nitrogens with zero attached hydrogens (tertiary/aromatic N) is 2. The molecule has 0 radical (unpaired) electrons. The first-order valence-corrected chi connectivity index (χ1v) is 11.4. The number of hydrogen-bond donors (Lipinski definition) is 0. The first-order chi connectivity index (χ1) is 14.7. The standard InChI is InChI=1S/C24H36N2O5/c1-6-29-20-14-18-10-13-26(16-19(18)15-21(20)30-7-2)22(27)17-8-11-25(12-9-17)23(28)31-24(3,4)5/h14-15,17H,6-13,16H2,1-5H3. The van der Waals surface area contributed by atoms with Gasteiger partial charge in [-0.3, -0.25) is 4.79 Å². The van der Waals surface area contributed by atoms with Crippen LogP contribution in [0.15, 0.2) is 12.1 Å². The number of amides is 2. The second kappa shape index (κ2) is 9.79. The number of carbonyl (C=O) groups is 2. The third-order valence-corrected chi connectivity index (χ3v) is 5.69. The van der Waals surface area contributed by atoms with Crippen LogP contribution in [0.1, 0.15) is 58.6 Å². The zero-order valence-corrected chi connectivity index (χ0v) is 19.5. The van der Waals surface area contributed by atoms with E-state index < -0.39 is 5.60 Å². The maximum absolute atomic E-state index is 13.2. The van der Waals surface area contributed by atoms with Crippen molar-refractivity contribution in [1.82, 2.24) is 9.80 Å². The summed E-state index contributed by atoms with van der Waals surface area (Å²) in [4.78, 5) is 29.1. The minimum atomic E-state index is -0.507. The van der Waals surface area contributed by atoms with Crippen molar-refractivity contribution in [1.29, 1.82) is 0 Å². The summed E-state index contributed by atoms with van der Waals surface area (Å²) in [6.07, 6.45) is 1.87. The molecule has 1 saturated heterocycles. The maximum atomic E-state index is 13.2. The lowest BCUT2D eigenvalue weighted by Gasteiger charge is -2.36. The molecule has 2 aliphatic heterocycles. The summed E-state index contributed by atoms with van der Waals surface area (Å²) >= 11 is 0. The molecule has 0 aromatic heterocycles. The van der Waals surface area contributed by atoms with Crippen molar-refractivity contribution in [3.63, 3.8) is 0 Å². The zero-order valence-electron chi connectivity index (χ0n) is 19.5. The van der Waals surface area contributed by atoms with Crippen LogP contribution < -0.4 is 9.47 Å². The van der Waals surface area contributed by atoms with E-state index in [4.69, 9.17) is 14.2 Å². The molecule has 0 unspecified atom stereocenters. The number of carbonyl (C=O) groups excluding carboxylic acids is 2. The van der Waals surface area contributed by atoms with Crippen LogP contribution in [0.2, 0.25) is 0 Å². The Labute approximate surface area is 185 Å². The minimum Gasteiger partial charge on any atom is -0.490 e. The van der Waals surface area contributed by atoms with E-state index in [1.807, 2.05) is 45.6 Å². The Kier molecular flexibility index (Phi) is 7.34. The highest BCUT2D eigenvalue weighted by Crippen LogP contribution is 2.34. The lowest BCUT2D eigenvalue weighted by Crippen LogP contribution is -2.46. The molecular weight excluding hydrogens is 396 g/mol. The molecule has 7 heteroatoms. The molecular formula is C24H36N2O5. The lowest BCUT2D eigenvalue weighted by atomic mass is 9.93. The largest absolute Gasteiger partial charge is 0.490 e. The SMILES string of the molecule is CCOc1cc2c(cc1OCC)CN(C(=O)C1CCN(C(=O)OC(C)(C)C)CC1)CC2. The van der Waals surface area contributed by atoms with Gasteiger partial charge in [-0.05, 0) is 77.1 Å². The molecule has 2 heterocycles. The predicted octanol–water partition coefficient (Wildman–Crippen LogP) is 4.02. The van der Waals surface area contributed by atoms with Gasteiger partial charge >= 0.3 is 6.09 Å². The molecule has 0 saturated carbocycles. The second-order valence-corrected chi connectivity index (χ2v) is 9.19. The van der Waals surface area contributed by atoms with E-state index in [1.165, 1.54) is 5.56 Å². The molecule has 2 amide bonds. The van der Waals surface area contributed by atoms with Crippen molar-refractivity contribution in [2.24, 2.45) is 5.92 Å². The Bertz CT molecular complexity index is 794. The molecule has 31 heavy (non-hydrogen) atoms. The fourth-order valence-electron chi connectivity index (χ4n) is 4.18. The number of fused-ring (bicyclic) bond motifs is 1. The Morgan fingerprint density at radius 2 is 1.52 bits per heavy atom. The molecule has 1 aromatic carbocycles.